The van der Waals surface area contributed by atoms with Crippen LogP contribution >= 0.6 is 0 Å². The lowest BCUT2D eigenvalue weighted by atomic mass is 9.99. The van der Waals surface area contributed by atoms with E-state index in [1.807, 2.05) is 55.5 Å². The zero-order valence-corrected chi connectivity index (χ0v) is 20.6. The Morgan fingerprint density at radius 1 is 1.00 bits per heavy atom. The van der Waals surface area contributed by atoms with Gasteiger partial charge in [0.25, 0.3) is 0 Å². The molecular formula is C29H28FN5O2. The van der Waals surface area contributed by atoms with Crippen LogP contribution in [0.1, 0.15) is 34.9 Å². The van der Waals surface area contributed by atoms with Crippen molar-refractivity contribution < 1.29 is 14.0 Å². The second kappa shape index (κ2) is 10.7. The Hall–Kier alpha value is -4.33. The lowest BCUT2D eigenvalue weighted by Gasteiger charge is -2.17. The van der Waals surface area contributed by atoms with Crippen LogP contribution < -0.4 is 10.6 Å². The molecule has 0 radical (unpaired) electrons. The molecule has 8 heteroatoms. The van der Waals surface area contributed by atoms with Crippen LogP contribution in [-0.4, -0.2) is 39.8 Å². The normalized spacial score (nSPS) is 15.2. The van der Waals surface area contributed by atoms with E-state index in [9.17, 15) is 14.0 Å². The fourth-order valence-electron chi connectivity index (χ4n) is 4.66. The van der Waals surface area contributed by atoms with E-state index in [2.05, 4.69) is 20.6 Å². The number of hydrogen-bond acceptors (Lipinski definition) is 5. The standard InChI is InChI=1S/C29H28FN5O2/c1-19-8-7-12-23-28(19)33-25(34-29(23)32-15-21-11-5-6-13-24(21)30)16-31-26(36)18-35-17-22(14-27(35)37)20-9-3-2-4-10-20/h2-13,22H,14-18H2,1H3,(H,31,36)(H,32,33,34). The SMILES string of the molecule is Cc1cccc2c(NCc3ccccc3F)nc(CNC(=O)CN3CC(c4ccccc4)CC3=O)nc12. The number of benzene rings is 3. The molecule has 0 spiro atoms. The van der Waals surface area contributed by atoms with E-state index >= 15 is 0 Å². The molecule has 0 aliphatic carbocycles. The number of carbonyl (C=O) groups is 2. The van der Waals surface area contributed by atoms with Crippen LogP contribution in [0.5, 0.6) is 0 Å². The molecule has 1 aliphatic heterocycles. The molecule has 1 fully saturated rings. The molecule has 1 unspecified atom stereocenters. The maximum atomic E-state index is 14.1. The van der Waals surface area contributed by atoms with E-state index in [-0.39, 0.29) is 43.2 Å². The fourth-order valence-corrected chi connectivity index (χ4v) is 4.66. The molecule has 5 rings (SSSR count). The van der Waals surface area contributed by atoms with Gasteiger partial charge in [0.1, 0.15) is 11.6 Å². The number of fused-ring (bicyclic) bond motifs is 1. The highest BCUT2D eigenvalue weighted by atomic mass is 19.1. The van der Waals surface area contributed by atoms with Crippen LogP contribution in [-0.2, 0) is 22.7 Å². The Kier molecular flexibility index (Phi) is 7.07. The summed E-state index contributed by atoms with van der Waals surface area (Å²) in [4.78, 5) is 36.1. The first kappa shape index (κ1) is 24.4. The highest BCUT2D eigenvalue weighted by Gasteiger charge is 2.31. The number of amides is 2. The van der Waals surface area contributed by atoms with Gasteiger partial charge >= 0.3 is 0 Å². The van der Waals surface area contributed by atoms with Crippen LogP contribution in [0.15, 0.2) is 72.8 Å². The summed E-state index contributed by atoms with van der Waals surface area (Å²) < 4.78 is 14.1. The predicted molar refractivity (Wildman–Crippen MR) is 140 cm³/mol. The summed E-state index contributed by atoms with van der Waals surface area (Å²) in [7, 11) is 0. The molecular weight excluding hydrogens is 469 g/mol. The van der Waals surface area contributed by atoms with Gasteiger partial charge in [-0.2, -0.15) is 0 Å². The number of aromatic nitrogens is 2. The molecule has 3 aromatic carbocycles. The third kappa shape index (κ3) is 5.58. The number of para-hydroxylation sites is 1. The Morgan fingerprint density at radius 2 is 1.78 bits per heavy atom. The topological polar surface area (TPSA) is 87.2 Å². The van der Waals surface area contributed by atoms with Gasteiger partial charge in [-0.1, -0.05) is 60.7 Å². The van der Waals surface area contributed by atoms with Crippen LogP contribution in [0, 0.1) is 12.7 Å². The lowest BCUT2D eigenvalue weighted by Crippen LogP contribution is -2.38. The number of likely N-dealkylation sites (tertiary alicyclic amines) is 1. The van der Waals surface area contributed by atoms with Crippen molar-refractivity contribution in [3.63, 3.8) is 0 Å². The van der Waals surface area contributed by atoms with E-state index in [4.69, 9.17) is 0 Å². The summed E-state index contributed by atoms with van der Waals surface area (Å²) in [6.45, 7) is 2.85. The van der Waals surface area contributed by atoms with Gasteiger partial charge in [0.15, 0.2) is 5.82 Å². The fraction of sp³-hybridized carbons (Fsp3) is 0.241. The van der Waals surface area contributed by atoms with Gasteiger partial charge in [-0.25, -0.2) is 14.4 Å². The Balaban J connectivity index is 1.26. The lowest BCUT2D eigenvalue weighted by molar-refractivity contribution is -0.133. The summed E-state index contributed by atoms with van der Waals surface area (Å²) in [5, 5.41) is 6.90. The Morgan fingerprint density at radius 3 is 2.59 bits per heavy atom. The van der Waals surface area contributed by atoms with Crippen LogP contribution in [0.25, 0.3) is 10.9 Å². The predicted octanol–water partition coefficient (Wildman–Crippen LogP) is 4.32. The molecule has 2 N–H and O–H groups in total. The summed E-state index contributed by atoms with van der Waals surface area (Å²) in [6.07, 6.45) is 0.404. The van der Waals surface area contributed by atoms with Crippen LogP contribution in [0.4, 0.5) is 10.2 Å². The molecule has 7 nitrogen and oxygen atoms in total. The number of nitrogens with zero attached hydrogens (tertiary/aromatic N) is 3. The molecule has 0 saturated carbocycles. The Labute approximate surface area is 214 Å². The Bertz CT molecular complexity index is 1440. The minimum Gasteiger partial charge on any atom is -0.365 e. The highest BCUT2D eigenvalue weighted by Crippen LogP contribution is 2.28. The average Bonchev–Trinajstić information content (AvgIpc) is 3.27. The van der Waals surface area contributed by atoms with E-state index in [0.717, 1.165) is 22.0 Å². The molecule has 0 bridgehead atoms. The molecule has 1 atom stereocenters. The first-order valence-electron chi connectivity index (χ1n) is 12.3. The van der Waals surface area contributed by atoms with Crippen molar-refractivity contribution >= 4 is 28.5 Å². The summed E-state index contributed by atoms with van der Waals surface area (Å²) in [6, 6.07) is 22.3. The van der Waals surface area contributed by atoms with E-state index in [0.29, 0.717) is 30.2 Å². The second-order valence-corrected chi connectivity index (χ2v) is 9.27. The van der Waals surface area contributed by atoms with Gasteiger partial charge < -0.3 is 15.5 Å². The zero-order chi connectivity index (χ0) is 25.8. The minimum absolute atomic E-state index is 0.00678. The van der Waals surface area contributed by atoms with Gasteiger partial charge in [-0.15, -0.1) is 0 Å². The zero-order valence-electron chi connectivity index (χ0n) is 20.6. The summed E-state index contributed by atoms with van der Waals surface area (Å²) >= 11 is 0. The minimum atomic E-state index is -0.289. The molecule has 37 heavy (non-hydrogen) atoms. The van der Waals surface area contributed by atoms with E-state index in [1.165, 1.54) is 6.07 Å². The van der Waals surface area contributed by atoms with Crippen molar-refractivity contribution in [2.75, 3.05) is 18.4 Å². The second-order valence-electron chi connectivity index (χ2n) is 9.27. The quantitative estimate of drug-likeness (QED) is 0.379. The van der Waals surface area contributed by atoms with Gasteiger partial charge in [0.2, 0.25) is 11.8 Å². The van der Waals surface area contributed by atoms with Crippen molar-refractivity contribution in [2.24, 2.45) is 0 Å². The molecule has 4 aromatic rings. The number of halogens is 1. The van der Waals surface area contributed by atoms with Crippen molar-refractivity contribution in [3.05, 3.63) is 101 Å². The maximum absolute atomic E-state index is 14.1. The van der Waals surface area contributed by atoms with E-state index < -0.39 is 0 Å². The number of hydrogen-bond donors (Lipinski definition) is 2. The number of anilines is 1. The largest absolute Gasteiger partial charge is 0.365 e. The van der Waals surface area contributed by atoms with Crippen LogP contribution in [0.2, 0.25) is 0 Å². The third-order valence-electron chi connectivity index (χ3n) is 6.64. The average molecular weight is 498 g/mol. The first-order valence-corrected chi connectivity index (χ1v) is 12.3. The van der Waals surface area contributed by atoms with Crippen molar-refractivity contribution in [1.29, 1.82) is 0 Å². The van der Waals surface area contributed by atoms with E-state index in [1.54, 1.807) is 23.1 Å². The molecule has 1 saturated heterocycles. The number of nitrogens with one attached hydrogen (secondary N) is 2. The van der Waals surface area contributed by atoms with Gasteiger partial charge in [0, 0.05) is 36.4 Å². The molecule has 2 heterocycles. The molecule has 1 aliphatic rings. The smallest absolute Gasteiger partial charge is 0.240 e. The third-order valence-corrected chi connectivity index (χ3v) is 6.64. The number of aryl methyl sites for hydroxylation is 1. The van der Waals surface area contributed by atoms with Gasteiger partial charge in [-0.05, 0) is 30.2 Å². The molecule has 2 amide bonds. The molecule has 188 valence electrons. The highest BCUT2D eigenvalue weighted by molar-refractivity contribution is 5.91. The monoisotopic (exact) mass is 497 g/mol. The molecule has 1 aromatic heterocycles. The maximum Gasteiger partial charge on any atom is 0.240 e. The number of carbonyl (C=O) groups excluding carboxylic acids is 2. The van der Waals surface area contributed by atoms with Crippen molar-refractivity contribution in [1.82, 2.24) is 20.2 Å². The van der Waals surface area contributed by atoms with Gasteiger partial charge in [-0.3, -0.25) is 9.59 Å². The summed E-state index contributed by atoms with van der Waals surface area (Å²) in [5.74, 6) is 0.514. The summed E-state index contributed by atoms with van der Waals surface area (Å²) in [5.41, 5.74) is 3.37. The first-order chi connectivity index (χ1) is 18.0. The number of rotatable bonds is 8. The van der Waals surface area contributed by atoms with Crippen molar-refractivity contribution in [2.45, 2.75) is 32.4 Å². The van der Waals surface area contributed by atoms with Gasteiger partial charge in [0.05, 0.1) is 18.6 Å². The van der Waals surface area contributed by atoms with Crippen LogP contribution in [0.3, 0.4) is 0 Å². The van der Waals surface area contributed by atoms with Crippen molar-refractivity contribution in [3.8, 4) is 0 Å².